The van der Waals surface area contributed by atoms with Crippen molar-refractivity contribution in [3.8, 4) is 5.69 Å². The molecule has 0 saturated carbocycles. The van der Waals surface area contributed by atoms with Gasteiger partial charge in [-0.15, -0.1) is 0 Å². The van der Waals surface area contributed by atoms with Crippen LogP contribution in [0.4, 0.5) is 0 Å². The van der Waals surface area contributed by atoms with Gasteiger partial charge in [0.05, 0.1) is 17.5 Å². The van der Waals surface area contributed by atoms with Crippen molar-refractivity contribution >= 4 is 6.21 Å². The molecule has 0 aliphatic heterocycles. The van der Waals surface area contributed by atoms with Crippen LogP contribution in [0, 0.1) is 6.92 Å². The van der Waals surface area contributed by atoms with Crippen molar-refractivity contribution in [2.24, 2.45) is 5.10 Å². The van der Waals surface area contributed by atoms with Gasteiger partial charge in [0.25, 0.3) is 5.56 Å². The largest absolute Gasteiger partial charge is 0.303 e. The highest BCUT2D eigenvalue weighted by Crippen LogP contribution is 2.05. The van der Waals surface area contributed by atoms with E-state index in [-0.39, 0.29) is 5.56 Å². The third kappa shape index (κ3) is 2.34. The number of hydrogen-bond donors (Lipinski definition) is 1. The zero-order valence-electron chi connectivity index (χ0n) is 10.7. The molecule has 5 heteroatoms. The lowest BCUT2D eigenvalue weighted by molar-refractivity contribution is 0.440. The van der Waals surface area contributed by atoms with Crippen LogP contribution < -0.4 is 5.56 Å². The minimum atomic E-state index is -0.0932. The fourth-order valence-corrected chi connectivity index (χ4v) is 1.64. The Bertz CT molecular complexity index is 608. The molecule has 1 heterocycles. The maximum absolute atomic E-state index is 12.2. The van der Waals surface area contributed by atoms with E-state index >= 15 is 0 Å². The van der Waals surface area contributed by atoms with Gasteiger partial charge in [-0.1, -0.05) is 18.2 Å². The van der Waals surface area contributed by atoms with E-state index < -0.39 is 0 Å². The standard InChI is InChI=1S/C13H16N4O/c1-10-12(9-14-16(2)3)13(18)17(15-10)11-7-5-4-6-8-11/h4-9,15H,1-3H3. The molecule has 0 bridgehead atoms. The SMILES string of the molecule is Cc1[nH]n(-c2ccccc2)c(=O)c1C=NN(C)C. The highest BCUT2D eigenvalue weighted by molar-refractivity contribution is 5.80. The lowest BCUT2D eigenvalue weighted by atomic mass is 10.3. The van der Waals surface area contributed by atoms with Crippen LogP contribution in [0.3, 0.4) is 0 Å². The van der Waals surface area contributed by atoms with Gasteiger partial charge in [-0.05, 0) is 19.1 Å². The van der Waals surface area contributed by atoms with E-state index in [1.807, 2.05) is 51.4 Å². The number of benzene rings is 1. The summed E-state index contributed by atoms with van der Waals surface area (Å²) in [6, 6.07) is 9.46. The van der Waals surface area contributed by atoms with Crippen molar-refractivity contribution in [2.45, 2.75) is 6.92 Å². The second-order valence-electron chi connectivity index (χ2n) is 4.22. The van der Waals surface area contributed by atoms with E-state index in [2.05, 4.69) is 10.2 Å². The molecule has 0 radical (unpaired) electrons. The first-order chi connectivity index (χ1) is 8.59. The van der Waals surface area contributed by atoms with Crippen molar-refractivity contribution in [1.82, 2.24) is 14.8 Å². The second kappa shape index (κ2) is 4.91. The van der Waals surface area contributed by atoms with Crippen molar-refractivity contribution in [2.75, 3.05) is 14.1 Å². The minimum absolute atomic E-state index is 0.0932. The summed E-state index contributed by atoms with van der Waals surface area (Å²) in [5.41, 5.74) is 2.10. The molecule has 0 fully saturated rings. The van der Waals surface area contributed by atoms with Crippen molar-refractivity contribution in [3.63, 3.8) is 0 Å². The molecule has 1 aromatic carbocycles. The predicted octanol–water partition coefficient (Wildman–Crippen LogP) is 1.37. The first-order valence-corrected chi connectivity index (χ1v) is 5.68. The number of H-pyrrole nitrogens is 1. The maximum atomic E-state index is 12.2. The Kier molecular flexibility index (Phi) is 3.32. The molecule has 0 aliphatic rings. The number of aromatic amines is 1. The summed E-state index contributed by atoms with van der Waals surface area (Å²) in [6.45, 7) is 1.86. The topological polar surface area (TPSA) is 53.4 Å². The van der Waals surface area contributed by atoms with Crippen LogP contribution in [0.15, 0.2) is 40.2 Å². The molecule has 18 heavy (non-hydrogen) atoms. The molecular weight excluding hydrogens is 228 g/mol. The molecule has 0 amide bonds. The Hall–Kier alpha value is -2.30. The summed E-state index contributed by atoms with van der Waals surface area (Å²) in [6.07, 6.45) is 1.58. The number of nitrogens with zero attached hydrogens (tertiary/aromatic N) is 3. The Morgan fingerprint density at radius 2 is 1.94 bits per heavy atom. The fraction of sp³-hybridized carbons (Fsp3) is 0.231. The van der Waals surface area contributed by atoms with Crippen LogP contribution in [0.2, 0.25) is 0 Å². The van der Waals surface area contributed by atoms with Gasteiger partial charge < -0.3 is 5.01 Å². The minimum Gasteiger partial charge on any atom is -0.303 e. The molecular formula is C13H16N4O. The van der Waals surface area contributed by atoms with Crippen LogP contribution >= 0.6 is 0 Å². The van der Waals surface area contributed by atoms with Gasteiger partial charge in [0, 0.05) is 19.8 Å². The number of nitrogens with one attached hydrogen (secondary N) is 1. The molecule has 0 spiro atoms. The van der Waals surface area contributed by atoms with Crippen LogP contribution in [0.25, 0.3) is 5.69 Å². The zero-order valence-corrected chi connectivity index (χ0v) is 10.7. The first kappa shape index (κ1) is 12.2. The summed E-state index contributed by atoms with van der Waals surface area (Å²) in [7, 11) is 3.63. The van der Waals surface area contributed by atoms with E-state index in [0.717, 1.165) is 11.4 Å². The van der Waals surface area contributed by atoms with Gasteiger partial charge in [0.15, 0.2) is 0 Å². The van der Waals surface area contributed by atoms with E-state index in [0.29, 0.717) is 5.56 Å². The highest BCUT2D eigenvalue weighted by atomic mass is 16.1. The molecule has 0 atom stereocenters. The number of aryl methyl sites for hydroxylation is 1. The maximum Gasteiger partial charge on any atom is 0.280 e. The predicted molar refractivity (Wildman–Crippen MR) is 72.4 cm³/mol. The van der Waals surface area contributed by atoms with Crippen LogP contribution in [-0.4, -0.2) is 35.1 Å². The quantitative estimate of drug-likeness (QED) is 0.655. The third-order valence-electron chi connectivity index (χ3n) is 2.55. The lowest BCUT2D eigenvalue weighted by Crippen LogP contribution is -2.17. The average Bonchev–Trinajstić information content (AvgIpc) is 2.63. The van der Waals surface area contributed by atoms with Crippen LogP contribution in [0.5, 0.6) is 0 Å². The summed E-state index contributed by atoms with van der Waals surface area (Å²) in [4.78, 5) is 12.2. The number of hydrazone groups is 1. The molecule has 94 valence electrons. The van der Waals surface area contributed by atoms with Gasteiger partial charge in [-0.2, -0.15) is 5.10 Å². The van der Waals surface area contributed by atoms with E-state index in [4.69, 9.17) is 0 Å². The van der Waals surface area contributed by atoms with Crippen molar-refractivity contribution in [1.29, 1.82) is 0 Å². The number of para-hydroxylation sites is 1. The monoisotopic (exact) mass is 244 g/mol. The Morgan fingerprint density at radius 1 is 1.28 bits per heavy atom. The summed E-state index contributed by atoms with van der Waals surface area (Å²) in [5, 5.41) is 8.80. The van der Waals surface area contributed by atoms with Gasteiger partial charge in [0.2, 0.25) is 0 Å². The highest BCUT2D eigenvalue weighted by Gasteiger charge is 2.10. The molecule has 0 saturated heterocycles. The smallest absolute Gasteiger partial charge is 0.280 e. The summed E-state index contributed by atoms with van der Waals surface area (Å²) in [5.74, 6) is 0. The molecule has 0 unspecified atom stereocenters. The summed E-state index contributed by atoms with van der Waals surface area (Å²) < 4.78 is 1.52. The van der Waals surface area contributed by atoms with Crippen LogP contribution in [-0.2, 0) is 0 Å². The van der Waals surface area contributed by atoms with E-state index in [1.54, 1.807) is 11.2 Å². The van der Waals surface area contributed by atoms with E-state index in [9.17, 15) is 4.79 Å². The van der Waals surface area contributed by atoms with E-state index in [1.165, 1.54) is 4.68 Å². The fourth-order valence-electron chi connectivity index (χ4n) is 1.64. The first-order valence-electron chi connectivity index (χ1n) is 5.68. The molecule has 0 aliphatic carbocycles. The van der Waals surface area contributed by atoms with Gasteiger partial charge >= 0.3 is 0 Å². The van der Waals surface area contributed by atoms with Crippen LogP contribution in [0.1, 0.15) is 11.3 Å². The number of hydrogen-bond acceptors (Lipinski definition) is 3. The third-order valence-corrected chi connectivity index (χ3v) is 2.55. The normalized spacial score (nSPS) is 11.1. The molecule has 1 aromatic heterocycles. The Morgan fingerprint density at radius 3 is 2.56 bits per heavy atom. The second-order valence-corrected chi connectivity index (χ2v) is 4.22. The molecule has 2 aromatic rings. The number of aromatic nitrogens is 2. The van der Waals surface area contributed by atoms with Crippen molar-refractivity contribution in [3.05, 3.63) is 51.9 Å². The molecule has 2 rings (SSSR count). The van der Waals surface area contributed by atoms with Gasteiger partial charge in [-0.25, -0.2) is 4.68 Å². The lowest BCUT2D eigenvalue weighted by Gasteiger charge is -2.00. The van der Waals surface area contributed by atoms with Gasteiger partial charge in [0.1, 0.15) is 0 Å². The summed E-state index contributed by atoms with van der Waals surface area (Å²) >= 11 is 0. The average molecular weight is 244 g/mol. The Balaban J connectivity index is 2.48. The molecule has 1 N–H and O–H groups in total. The van der Waals surface area contributed by atoms with Crippen molar-refractivity contribution < 1.29 is 0 Å². The molecule has 5 nitrogen and oxygen atoms in total. The van der Waals surface area contributed by atoms with Gasteiger partial charge in [-0.3, -0.25) is 9.89 Å². The zero-order chi connectivity index (χ0) is 13.1. The number of rotatable bonds is 3. The Labute approximate surface area is 105 Å².